The van der Waals surface area contributed by atoms with Crippen LogP contribution in [0.3, 0.4) is 0 Å². The number of amides is 1. The lowest BCUT2D eigenvalue weighted by Gasteiger charge is -2.39. The summed E-state index contributed by atoms with van der Waals surface area (Å²) in [4.78, 5) is 25.7. The molecule has 1 fully saturated rings. The summed E-state index contributed by atoms with van der Waals surface area (Å²) in [5.74, 6) is -2.05. The number of hydrogen-bond acceptors (Lipinski definition) is 3. The Bertz CT molecular complexity index is 789. The molecule has 1 aromatic heterocycles. The first-order chi connectivity index (χ1) is 12.0. The fourth-order valence-corrected chi connectivity index (χ4v) is 3.42. The van der Waals surface area contributed by atoms with Gasteiger partial charge in [-0.25, -0.2) is 4.39 Å². The second-order valence-electron chi connectivity index (χ2n) is 6.30. The van der Waals surface area contributed by atoms with Gasteiger partial charge in [0.25, 0.3) is 0 Å². The lowest BCUT2D eigenvalue weighted by molar-refractivity contribution is -0.152. The molecule has 132 valence electrons. The molecule has 3 rings (SSSR count). The van der Waals surface area contributed by atoms with Gasteiger partial charge >= 0.3 is 5.97 Å². The highest BCUT2D eigenvalue weighted by atomic mass is 19.1. The van der Waals surface area contributed by atoms with Crippen molar-refractivity contribution in [2.75, 3.05) is 6.54 Å². The van der Waals surface area contributed by atoms with E-state index in [1.165, 1.54) is 6.07 Å². The largest absolute Gasteiger partial charge is 0.481 e. The Labute approximate surface area is 144 Å². The number of nitrogens with zero attached hydrogens (tertiary/aromatic N) is 3. The van der Waals surface area contributed by atoms with Crippen LogP contribution in [0.2, 0.25) is 0 Å². The van der Waals surface area contributed by atoms with Gasteiger partial charge in [0.05, 0.1) is 18.2 Å². The Balaban J connectivity index is 1.88. The molecular formula is C18H20FN3O3. The highest BCUT2D eigenvalue weighted by Crippen LogP contribution is 2.36. The summed E-state index contributed by atoms with van der Waals surface area (Å²) in [6.45, 7) is 0.267. The number of halogens is 1. The van der Waals surface area contributed by atoms with Gasteiger partial charge in [-0.2, -0.15) is 5.10 Å². The molecule has 2 heterocycles. The van der Waals surface area contributed by atoms with Crippen LogP contribution in [-0.2, 0) is 23.1 Å². The van der Waals surface area contributed by atoms with Crippen LogP contribution >= 0.6 is 0 Å². The minimum atomic E-state index is -0.933. The summed E-state index contributed by atoms with van der Waals surface area (Å²) in [5, 5.41) is 13.7. The third-order valence-corrected chi connectivity index (χ3v) is 4.67. The Morgan fingerprint density at radius 1 is 1.40 bits per heavy atom. The summed E-state index contributed by atoms with van der Waals surface area (Å²) in [5.41, 5.74) is 1.20. The average molecular weight is 345 g/mol. The minimum absolute atomic E-state index is 0.109. The second kappa shape index (κ2) is 7.04. The zero-order valence-electron chi connectivity index (χ0n) is 13.9. The van der Waals surface area contributed by atoms with E-state index < -0.39 is 17.9 Å². The highest BCUT2D eigenvalue weighted by Gasteiger charge is 2.41. The second-order valence-corrected chi connectivity index (χ2v) is 6.30. The van der Waals surface area contributed by atoms with E-state index in [0.29, 0.717) is 24.0 Å². The van der Waals surface area contributed by atoms with E-state index in [1.54, 1.807) is 47.2 Å². The molecule has 2 aromatic rings. The number of likely N-dealkylation sites (tertiary alicyclic amines) is 1. The quantitative estimate of drug-likeness (QED) is 0.901. The third kappa shape index (κ3) is 3.55. The number of aliphatic carboxylic acids is 1. The number of rotatable bonds is 5. The third-order valence-electron chi connectivity index (χ3n) is 4.67. The van der Waals surface area contributed by atoms with E-state index in [4.69, 9.17) is 0 Å². The number of aryl methyl sites for hydroxylation is 1. The Hall–Kier alpha value is -2.70. The van der Waals surface area contributed by atoms with Gasteiger partial charge in [0.2, 0.25) is 5.91 Å². The molecule has 1 aromatic carbocycles. The van der Waals surface area contributed by atoms with E-state index in [2.05, 4.69) is 5.10 Å². The molecule has 1 aliphatic heterocycles. The lowest BCUT2D eigenvalue weighted by Crippen LogP contribution is -2.46. The molecule has 1 saturated heterocycles. The maximum absolute atomic E-state index is 13.9. The summed E-state index contributed by atoms with van der Waals surface area (Å²) in [6.07, 6.45) is 4.14. The van der Waals surface area contributed by atoms with Crippen molar-refractivity contribution < 1.29 is 19.1 Å². The smallest absolute Gasteiger partial charge is 0.308 e. The maximum atomic E-state index is 13.9. The highest BCUT2D eigenvalue weighted by molar-refractivity contribution is 5.81. The summed E-state index contributed by atoms with van der Waals surface area (Å²) < 4.78 is 15.4. The van der Waals surface area contributed by atoms with E-state index in [-0.39, 0.29) is 24.7 Å². The van der Waals surface area contributed by atoms with Crippen LogP contribution < -0.4 is 0 Å². The fraction of sp³-hybridized carbons (Fsp3) is 0.389. The van der Waals surface area contributed by atoms with Crippen molar-refractivity contribution in [1.29, 1.82) is 0 Å². The molecule has 2 atom stereocenters. The van der Waals surface area contributed by atoms with Crippen molar-refractivity contribution in [1.82, 2.24) is 14.7 Å². The van der Waals surface area contributed by atoms with E-state index >= 15 is 0 Å². The first-order valence-electron chi connectivity index (χ1n) is 8.21. The van der Waals surface area contributed by atoms with Crippen LogP contribution in [-0.4, -0.2) is 38.2 Å². The van der Waals surface area contributed by atoms with E-state index in [0.717, 1.165) is 0 Å². The molecule has 1 aliphatic rings. The Kier molecular flexibility index (Phi) is 4.83. The topological polar surface area (TPSA) is 75.4 Å². The Morgan fingerprint density at radius 2 is 2.16 bits per heavy atom. The SMILES string of the molecule is Cn1cc([C@H]2[C@@H](C(=O)O)CCC(=O)N2CCc2ccccc2F)cn1. The maximum Gasteiger partial charge on any atom is 0.308 e. The summed E-state index contributed by atoms with van der Waals surface area (Å²) >= 11 is 0. The van der Waals surface area contributed by atoms with Crippen LogP contribution in [0.15, 0.2) is 36.7 Å². The van der Waals surface area contributed by atoms with Crippen molar-refractivity contribution in [3.05, 3.63) is 53.6 Å². The minimum Gasteiger partial charge on any atom is -0.481 e. The number of carboxylic acid groups (broad SMARTS) is 1. The fourth-order valence-electron chi connectivity index (χ4n) is 3.42. The normalized spacial score (nSPS) is 20.7. The van der Waals surface area contributed by atoms with Gasteiger partial charge in [0.1, 0.15) is 5.82 Å². The van der Waals surface area contributed by atoms with E-state index in [9.17, 15) is 19.1 Å². The number of carboxylic acids is 1. The number of carbonyl (C=O) groups excluding carboxylic acids is 1. The van der Waals surface area contributed by atoms with Crippen LogP contribution in [0.25, 0.3) is 0 Å². The van der Waals surface area contributed by atoms with Crippen molar-refractivity contribution >= 4 is 11.9 Å². The molecule has 0 aliphatic carbocycles. The van der Waals surface area contributed by atoms with Gasteiger partial charge < -0.3 is 10.0 Å². The zero-order chi connectivity index (χ0) is 18.0. The van der Waals surface area contributed by atoms with E-state index in [1.807, 2.05) is 0 Å². The molecule has 6 nitrogen and oxygen atoms in total. The average Bonchev–Trinajstić information content (AvgIpc) is 3.00. The van der Waals surface area contributed by atoms with Gasteiger partial charge in [-0.15, -0.1) is 0 Å². The molecule has 0 saturated carbocycles. The van der Waals surface area contributed by atoms with Crippen LogP contribution in [0.1, 0.15) is 30.0 Å². The van der Waals surface area contributed by atoms with Gasteiger partial charge in [0.15, 0.2) is 0 Å². The van der Waals surface area contributed by atoms with Crippen molar-refractivity contribution in [2.45, 2.75) is 25.3 Å². The predicted molar refractivity (Wildman–Crippen MR) is 88.1 cm³/mol. The van der Waals surface area contributed by atoms with Crippen molar-refractivity contribution in [2.24, 2.45) is 13.0 Å². The monoisotopic (exact) mass is 345 g/mol. The molecule has 0 radical (unpaired) electrons. The van der Waals surface area contributed by atoms with Crippen LogP contribution in [0, 0.1) is 11.7 Å². The first-order valence-corrected chi connectivity index (χ1v) is 8.21. The van der Waals surface area contributed by atoms with Crippen molar-refractivity contribution in [3.63, 3.8) is 0 Å². The molecule has 1 amide bonds. The summed E-state index contributed by atoms with van der Waals surface area (Å²) in [7, 11) is 1.74. The number of carbonyl (C=O) groups is 2. The molecule has 0 unspecified atom stereocenters. The van der Waals surface area contributed by atoms with Gasteiger partial charge in [-0.05, 0) is 24.5 Å². The molecule has 0 spiro atoms. The number of hydrogen-bond donors (Lipinski definition) is 1. The van der Waals surface area contributed by atoms with Crippen molar-refractivity contribution in [3.8, 4) is 0 Å². The van der Waals surface area contributed by atoms with Gasteiger partial charge in [0, 0.05) is 31.8 Å². The molecule has 7 heteroatoms. The Morgan fingerprint density at radius 3 is 2.80 bits per heavy atom. The number of aromatic nitrogens is 2. The zero-order valence-corrected chi connectivity index (χ0v) is 13.9. The first kappa shape index (κ1) is 17.1. The van der Waals surface area contributed by atoms with Gasteiger partial charge in [-0.1, -0.05) is 18.2 Å². The predicted octanol–water partition coefficient (Wildman–Crippen LogP) is 2.17. The van der Waals surface area contributed by atoms with Crippen LogP contribution in [0.5, 0.6) is 0 Å². The molecule has 0 bridgehead atoms. The molecule has 1 N–H and O–H groups in total. The molecule has 25 heavy (non-hydrogen) atoms. The summed E-state index contributed by atoms with van der Waals surface area (Å²) in [6, 6.07) is 5.83. The van der Waals surface area contributed by atoms with Gasteiger partial charge in [-0.3, -0.25) is 14.3 Å². The van der Waals surface area contributed by atoms with Crippen LogP contribution in [0.4, 0.5) is 4.39 Å². The number of benzene rings is 1. The number of piperidine rings is 1. The molecular weight excluding hydrogens is 325 g/mol. The standard InChI is InChI=1S/C18H20FN3O3/c1-21-11-13(10-20-21)17-14(18(24)25)6-7-16(23)22(17)9-8-12-4-2-3-5-15(12)19/h2-5,10-11,14,17H,6-9H2,1H3,(H,24,25)/t14-,17-/m0/s1. The lowest BCUT2D eigenvalue weighted by atomic mass is 9.85.